The topological polar surface area (TPSA) is 90.5 Å². The van der Waals surface area contributed by atoms with E-state index in [9.17, 15) is 14.4 Å². The van der Waals surface area contributed by atoms with Gasteiger partial charge in [-0.05, 0) is 56.2 Å². The molecule has 4 amide bonds. The molecule has 0 aliphatic heterocycles. The lowest BCUT2D eigenvalue weighted by molar-refractivity contribution is -0.116. The van der Waals surface area contributed by atoms with Crippen molar-refractivity contribution >= 4 is 34.9 Å². The van der Waals surface area contributed by atoms with Gasteiger partial charge in [0.25, 0.3) is 0 Å². The second-order valence-electron chi connectivity index (χ2n) is 6.87. The number of urea groups is 1. The Bertz CT molecular complexity index is 868. The second-order valence-corrected chi connectivity index (χ2v) is 6.87. The molecule has 3 N–H and O–H groups in total. The standard InChI is InChI=1S/C21H26N4O3/c1-13-10-14(2)20(15(3)11-13)24-19(27)12-25(5)21(28)23-18-8-6-17(7-9-18)22-16(4)26/h6-11H,12H2,1-5H3,(H,22,26)(H,23,28)(H,24,27). The molecule has 2 rings (SSSR count). The number of likely N-dealkylation sites (N-methyl/N-ethyl adjacent to an activating group) is 1. The molecule has 0 radical (unpaired) electrons. The van der Waals surface area contributed by atoms with Crippen LogP contribution >= 0.6 is 0 Å². The van der Waals surface area contributed by atoms with Crippen LogP contribution in [-0.2, 0) is 9.59 Å². The zero-order valence-corrected chi connectivity index (χ0v) is 16.8. The van der Waals surface area contributed by atoms with Gasteiger partial charge in [-0.3, -0.25) is 9.59 Å². The smallest absolute Gasteiger partial charge is 0.322 e. The van der Waals surface area contributed by atoms with Crippen LogP contribution < -0.4 is 16.0 Å². The Morgan fingerprint density at radius 3 is 1.86 bits per heavy atom. The van der Waals surface area contributed by atoms with Crippen molar-refractivity contribution in [1.82, 2.24) is 4.90 Å². The summed E-state index contributed by atoms with van der Waals surface area (Å²) in [6.45, 7) is 7.23. The molecule has 0 bridgehead atoms. The molecule has 0 aliphatic rings. The summed E-state index contributed by atoms with van der Waals surface area (Å²) in [6, 6.07) is 10.3. The van der Waals surface area contributed by atoms with Crippen molar-refractivity contribution < 1.29 is 14.4 Å². The lowest BCUT2D eigenvalue weighted by atomic mass is 10.1. The van der Waals surface area contributed by atoms with Gasteiger partial charge in [0.05, 0.1) is 0 Å². The summed E-state index contributed by atoms with van der Waals surface area (Å²) < 4.78 is 0. The van der Waals surface area contributed by atoms with E-state index < -0.39 is 6.03 Å². The predicted octanol–water partition coefficient (Wildman–Crippen LogP) is 3.67. The van der Waals surface area contributed by atoms with Crippen molar-refractivity contribution in [3.8, 4) is 0 Å². The molecule has 7 heteroatoms. The summed E-state index contributed by atoms with van der Waals surface area (Å²) in [5.41, 5.74) is 5.08. The first kappa shape index (κ1) is 21.0. The highest BCUT2D eigenvalue weighted by atomic mass is 16.2. The maximum absolute atomic E-state index is 12.3. The quantitative estimate of drug-likeness (QED) is 0.737. The van der Waals surface area contributed by atoms with Crippen LogP contribution in [0.15, 0.2) is 36.4 Å². The third-order valence-corrected chi connectivity index (χ3v) is 4.13. The second kappa shape index (κ2) is 9.03. The highest BCUT2D eigenvalue weighted by molar-refractivity contribution is 5.98. The van der Waals surface area contributed by atoms with E-state index in [0.717, 1.165) is 22.4 Å². The van der Waals surface area contributed by atoms with Gasteiger partial charge in [0, 0.05) is 31.0 Å². The average molecular weight is 382 g/mol. The number of nitrogens with one attached hydrogen (secondary N) is 3. The summed E-state index contributed by atoms with van der Waals surface area (Å²) in [5.74, 6) is -0.435. The SMILES string of the molecule is CC(=O)Nc1ccc(NC(=O)N(C)CC(=O)Nc2c(C)cc(C)cc2C)cc1. The number of hydrogen-bond acceptors (Lipinski definition) is 3. The Hall–Kier alpha value is -3.35. The molecule has 0 heterocycles. The third-order valence-electron chi connectivity index (χ3n) is 4.13. The number of aryl methyl sites for hydroxylation is 3. The van der Waals surface area contributed by atoms with E-state index in [-0.39, 0.29) is 18.4 Å². The van der Waals surface area contributed by atoms with E-state index in [2.05, 4.69) is 16.0 Å². The first-order chi connectivity index (χ1) is 13.2. The van der Waals surface area contributed by atoms with Crippen molar-refractivity contribution in [2.24, 2.45) is 0 Å². The van der Waals surface area contributed by atoms with Gasteiger partial charge in [-0.2, -0.15) is 0 Å². The molecule has 0 aromatic heterocycles. The molecule has 148 valence electrons. The van der Waals surface area contributed by atoms with E-state index >= 15 is 0 Å². The lowest BCUT2D eigenvalue weighted by Crippen LogP contribution is -2.37. The molecule has 0 saturated heterocycles. The van der Waals surface area contributed by atoms with Gasteiger partial charge in [0.1, 0.15) is 6.54 Å². The molecule has 28 heavy (non-hydrogen) atoms. The molecule has 0 fully saturated rings. The summed E-state index contributed by atoms with van der Waals surface area (Å²) in [7, 11) is 1.55. The maximum atomic E-state index is 12.3. The third kappa shape index (κ3) is 5.84. The first-order valence-electron chi connectivity index (χ1n) is 8.93. The molecular formula is C21H26N4O3. The van der Waals surface area contributed by atoms with Gasteiger partial charge >= 0.3 is 6.03 Å². The van der Waals surface area contributed by atoms with Gasteiger partial charge in [-0.1, -0.05) is 17.7 Å². The van der Waals surface area contributed by atoms with Crippen LogP contribution in [0, 0.1) is 20.8 Å². The molecular weight excluding hydrogens is 356 g/mol. The van der Waals surface area contributed by atoms with Crippen molar-refractivity contribution in [3.63, 3.8) is 0 Å². The molecule has 0 saturated carbocycles. The molecule has 0 unspecified atom stereocenters. The highest BCUT2D eigenvalue weighted by Gasteiger charge is 2.15. The highest BCUT2D eigenvalue weighted by Crippen LogP contribution is 2.21. The van der Waals surface area contributed by atoms with E-state index in [1.165, 1.54) is 11.8 Å². The van der Waals surface area contributed by atoms with Gasteiger partial charge in [0.15, 0.2) is 0 Å². The molecule has 2 aromatic carbocycles. The van der Waals surface area contributed by atoms with Crippen molar-refractivity contribution in [1.29, 1.82) is 0 Å². The van der Waals surface area contributed by atoms with Gasteiger partial charge in [0.2, 0.25) is 11.8 Å². The Balaban J connectivity index is 1.93. The summed E-state index contributed by atoms with van der Waals surface area (Å²) >= 11 is 0. The molecule has 7 nitrogen and oxygen atoms in total. The van der Waals surface area contributed by atoms with Gasteiger partial charge in [-0.15, -0.1) is 0 Å². The Labute approximate surface area is 165 Å². The van der Waals surface area contributed by atoms with Crippen LogP contribution in [0.2, 0.25) is 0 Å². The molecule has 2 aromatic rings. The largest absolute Gasteiger partial charge is 0.326 e. The number of carbonyl (C=O) groups excluding carboxylic acids is 3. The Kier molecular flexibility index (Phi) is 6.76. The fourth-order valence-electron chi connectivity index (χ4n) is 2.90. The van der Waals surface area contributed by atoms with Crippen molar-refractivity contribution in [2.45, 2.75) is 27.7 Å². The monoisotopic (exact) mass is 382 g/mol. The van der Waals surface area contributed by atoms with Gasteiger partial charge in [-0.25, -0.2) is 4.79 Å². The average Bonchev–Trinajstić information content (AvgIpc) is 2.59. The number of carbonyl (C=O) groups is 3. The summed E-state index contributed by atoms with van der Waals surface area (Å²) in [5, 5.41) is 8.25. The zero-order valence-electron chi connectivity index (χ0n) is 16.8. The Morgan fingerprint density at radius 2 is 1.36 bits per heavy atom. The number of rotatable bonds is 5. The normalized spacial score (nSPS) is 10.2. The van der Waals surface area contributed by atoms with Crippen LogP contribution in [-0.4, -0.2) is 36.3 Å². The summed E-state index contributed by atoms with van der Waals surface area (Å²) in [4.78, 5) is 37.0. The summed E-state index contributed by atoms with van der Waals surface area (Å²) in [6.07, 6.45) is 0. The number of nitrogens with zero attached hydrogens (tertiary/aromatic N) is 1. The fourth-order valence-corrected chi connectivity index (χ4v) is 2.90. The predicted molar refractivity (Wildman–Crippen MR) is 112 cm³/mol. The fraction of sp³-hybridized carbons (Fsp3) is 0.286. The molecule has 0 spiro atoms. The number of anilines is 3. The number of hydrogen-bond donors (Lipinski definition) is 3. The molecule has 0 aliphatic carbocycles. The van der Waals surface area contributed by atoms with Crippen molar-refractivity contribution in [2.75, 3.05) is 29.5 Å². The van der Waals surface area contributed by atoms with Crippen molar-refractivity contribution in [3.05, 3.63) is 53.1 Å². The Morgan fingerprint density at radius 1 is 0.857 bits per heavy atom. The van der Waals surface area contributed by atoms with Crippen LogP contribution in [0.4, 0.5) is 21.9 Å². The van der Waals surface area contributed by atoms with Crippen LogP contribution in [0.5, 0.6) is 0 Å². The minimum Gasteiger partial charge on any atom is -0.326 e. The van der Waals surface area contributed by atoms with Crippen LogP contribution in [0.25, 0.3) is 0 Å². The number of amides is 4. The van der Waals surface area contributed by atoms with E-state index in [0.29, 0.717) is 11.4 Å². The molecule has 0 atom stereocenters. The van der Waals surface area contributed by atoms with E-state index in [4.69, 9.17) is 0 Å². The van der Waals surface area contributed by atoms with Crippen LogP contribution in [0.1, 0.15) is 23.6 Å². The van der Waals surface area contributed by atoms with E-state index in [1.807, 2.05) is 32.9 Å². The lowest BCUT2D eigenvalue weighted by Gasteiger charge is -2.19. The minimum atomic E-state index is -0.403. The number of benzene rings is 2. The maximum Gasteiger partial charge on any atom is 0.322 e. The van der Waals surface area contributed by atoms with Gasteiger partial charge < -0.3 is 20.9 Å². The minimum absolute atomic E-state index is 0.0808. The van der Waals surface area contributed by atoms with Crippen LogP contribution in [0.3, 0.4) is 0 Å². The zero-order chi connectivity index (χ0) is 20.8. The first-order valence-corrected chi connectivity index (χ1v) is 8.93. The van der Waals surface area contributed by atoms with E-state index in [1.54, 1.807) is 31.3 Å².